The monoisotopic (exact) mass is 288 g/mol. The number of rotatable bonds is 5. The summed E-state index contributed by atoms with van der Waals surface area (Å²) in [6.45, 7) is 3.93. The fourth-order valence-corrected chi connectivity index (χ4v) is 2.22. The third-order valence-electron chi connectivity index (χ3n) is 3.21. The largest absolute Gasteiger partial charge is 0.439 e. The Labute approximate surface area is 123 Å². The van der Waals surface area contributed by atoms with Gasteiger partial charge in [-0.3, -0.25) is 0 Å². The zero-order valence-electron chi connectivity index (χ0n) is 12.5. The van der Waals surface area contributed by atoms with Gasteiger partial charge in [0.25, 0.3) is 0 Å². The Hall–Kier alpha value is -2.50. The van der Waals surface area contributed by atoms with Gasteiger partial charge in [-0.1, -0.05) is 30.6 Å². The molecule has 6 heteroatoms. The summed E-state index contributed by atoms with van der Waals surface area (Å²) in [4.78, 5) is 0. The summed E-state index contributed by atoms with van der Waals surface area (Å²) >= 11 is 0. The van der Waals surface area contributed by atoms with Crippen LogP contribution in [0.25, 0.3) is 0 Å². The van der Waals surface area contributed by atoms with E-state index in [0.717, 1.165) is 12.8 Å². The van der Waals surface area contributed by atoms with Gasteiger partial charge >= 0.3 is 0 Å². The van der Waals surface area contributed by atoms with Gasteiger partial charge in [0.2, 0.25) is 5.88 Å². The second kappa shape index (κ2) is 6.30. The van der Waals surface area contributed by atoms with Crippen LogP contribution in [0, 0.1) is 6.92 Å². The summed E-state index contributed by atoms with van der Waals surface area (Å²) in [5.41, 5.74) is 8.10. The standard InChI is InChI=1S/C15H20N4O2/c1-4-5-11-6-8-12(9-7-11)21-15-13(14(16)18-20)10(2)17-19(15)3/h6-9,20H,4-5H2,1-3H3,(H2,16,18). The highest BCUT2D eigenvalue weighted by Gasteiger charge is 2.19. The van der Waals surface area contributed by atoms with Gasteiger partial charge in [0, 0.05) is 7.05 Å². The van der Waals surface area contributed by atoms with E-state index in [0.29, 0.717) is 22.9 Å². The molecule has 0 unspecified atom stereocenters. The van der Waals surface area contributed by atoms with E-state index in [1.54, 1.807) is 18.7 Å². The van der Waals surface area contributed by atoms with Crippen LogP contribution in [-0.4, -0.2) is 20.8 Å². The molecule has 3 N–H and O–H groups in total. The minimum atomic E-state index is -0.0156. The van der Waals surface area contributed by atoms with Crippen molar-refractivity contribution in [2.75, 3.05) is 0 Å². The Morgan fingerprint density at radius 3 is 2.62 bits per heavy atom. The maximum atomic E-state index is 8.88. The van der Waals surface area contributed by atoms with Crippen molar-refractivity contribution in [3.63, 3.8) is 0 Å². The minimum absolute atomic E-state index is 0.0156. The van der Waals surface area contributed by atoms with Gasteiger partial charge in [-0.2, -0.15) is 5.10 Å². The van der Waals surface area contributed by atoms with Crippen molar-refractivity contribution >= 4 is 5.84 Å². The number of aromatic nitrogens is 2. The Balaban J connectivity index is 2.31. The molecule has 1 aromatic carbocycles. The van der Waals surface area contributed by atoms with Gasteiger partial charge in [0.05, 0.1) is 5.69 Å². The molecule has 0 fully saturated rings. The van der Waals surface area contributed by atoms with Gasteiger partial charge in [-0.15, -0.1) is 0 Å². The number of oxime groups is 1. The molecule has 1 heterocycles. The summed E-state index contributed by atoms with van der Waals surface area (Å²) in [5.74, 6) is 1.12. The third-order valence-corrected chi connectivity index (χ3v) is 3.21. The van der Waals surface area contributed by atoms with Crippen LogP contribution in [-0.2, 0) is 13.5 Å². The van der Waals surface area contributed by atoms with Gasteiger partial charge in [-0.25, -0.2) is 4.68 Å². The molecule has 0 radical (unpaired) electrons. The van der Waals surface area contributed by atoms with Crippen LogP contribution >= 0.6 is 0 Å². The molecule has 0 aliphatic rings. The first-order valence-corrected chi connectivity index (χ1v) is 6.85. The zero-order valence-corrected chi connectivity index (χ0v) is 12.5. The molecule has 0 aliphatic carbocycles. The normalized spacial score (nSPS) is 11.7. The third kappa shape index (κ3) is 3.16. The number of ether oxygens (including phenoxy) is 1. The lowest BCUT2D eigenvalue weighted by atomic mass is 10.1. The van der Waals surface area contributed by atoms with Crippen molar-refractivity contribution < 1.29 is 9.94 Å². The number of hydrogen-bond acceptors (Lipinski definition) is 4. The van der Waals surface area contributed by atoms with E-state index in [4.69, 9.17) is 15.7 Å². The second-order valence-electron chi connectivity index (χ2n) is 4.87. The zero-order chi connectivity index (χ0) is 15.4. The molecule has 0 atom stereocenters. The van der Waals surface area contributed by atoms with Crippen LogP contribution in [0.4, 0.5) is 0 Å². The maximum absolute atomic E-state index is 8.88. The van der Waals surface area contributed by atoms with Crippen molar-refractivity contribution in [3.05, 3.63) is 41.1 Å². The Bertz CT molecular complexity index is 644. The number of nitrogens with zero attached hydrogens (tertiary/aromatic N) is 3. The fourth-order valence-electron chi connectivity index (χ4n) is 2.22. The van der Waals surface area contributed by atoms with Crippen LogP contribution in [0.5, 0.6) is 11.6 Å². The summed E-state index contributed by atoms with van der Waals surface area (Å²) in [7, 11) is 1.75. The van der Waals surface area contributed by atoms with E-state index in [-0.39, 0.29) is 5.84 Å². The van der Waals surface area contributed by atoms with Crippen molar-refractivity contribution in [2.24, 2.45) is 17.9 Å². The van der Waals surface area contributed by atoms with Gasteiger partial charge < -0.3 is 15.7 Å². The van der Waals surface area contributed by atoms with Crippen LogP contribution in [0.1, 0.15) is 30.2 Å². The highest BCUT2D eigenvalue weighted by atomic mass is 16.5. The van der Waals surface area contributed by atoms with E-state index in [9.17, 15) is 0 Å². The Morgan fingerprint density at radius 2 is 2.05 bits per heavy atom. The van der Waals surface area contributed by atoms with Gasteiger partial charge in [0.15, 0.2) is 5.84 Å². The van der Waals surface area contributed by atoms with Gasteiger partial charge in [0.1, 0.15) is 11.3 Å². The molecular formula is C15H20N4O2. The molecule has 0 aliphatic heterocycles. The predicted molar refractivity (Wildman–Crippen MR) is 81.0 cm³/mol. The smallest absolute Gasteiger partial charge is 0.229 e. The molecule has 0 bridgehead atoms. The quantitative estimate of drug-likeness (QED) is 0.383. The molecule has 1 aromatic heterocycles. The van der Waals surface area contributed by atoms with E-state index in [1.165, 1.54) is 5.56 Å². The van der Waals surface area contributed by atoms with Crippen LogP contribution in [0.3, 0.4) is 0 Å². The molecule has 2 aromatic rings. The Morgan fingerprint density at radius 1 is 1.38 bits per heavy atom. The highest BCUT2D eigenvalue weighted by Crippen LogP contribution is 2.27. The summed E-state index contributed by atoms with van der Waals surface area (Å²) in [6.07, 6.45) is 2.15. The fraction of sp³-hybridized carbons (Fsp3) is 0.333. The van der Waals surface area contributed by atoms with E-state index in [1.807, 2.05) is 24.3 Å². The lowest BCUT2D eigenvalue weighted by Crippen LogP contribution is -2.15. The van der Waals surface area contributed by atoms with E-state index >= 15 is 0 Å². The lowest BCUT2D eigenvalue weighted by Gasteiger charge is -2.09. The molecule has 0 amide bonds. The van der Waals surface area contributed by atoms with Crippen molar-refractivity contribution in [1.29, 1.82) is 0 Å². The maximum Gasteiger partial charge on any atom is 0.229 e. The van der Waals surface area contributed by atoms with Crippen molar-refractivity contribution in [2.45, 2.75) is 26.7 Å². The first kappa shape index (κ1) is 14.9. The molecule has 112 valence electrons. The summed E-state index contributed by atoms with van der Waals surface area (Å²) in [5, 5.41) is 16.2. The molecule has 6 nitrogen and oxygen atoms in total. The number of aryl methyl sites for hydroxylation is 3. The molecular weight excluding hydrogens is 268 g/mol. The molecule has 21 heavy (non-hydrogen) atoms. The Kier molecular flexibility index (Phi) is 4.47. The molecule has 0 spiro atoms. The van der Waals surface area contributed by atoms with Crippen molar-refractivity contribution in [1.82, 2.24) is 9.78 Å². The average Bonchev–Trinajstić information content (AvgIpc) is 2.75. The van der Waals surface area contributed by atoms with E-state index in [2.05, 4.69) is 17.2 Å². The number of benzene rings is 1. The second-order valence-corrected chi connectivity index (χ2v) is 4.87. The average molecular weight is 288 g/mol. The van der Waals surface area contributed by atoms with Crippen LogP contribution in [0.2, 0.25) is 0 Å². The number of nitrogens with two attached hydrogens (primary N) is 1. The van der Waals surface area contributed by atoms with Crippen LogP contribution in [0.15, 0.2) is 29.4 Å². The minimum Gasteiger partial charge on any atom is -0.439 e. The summed E-state index contributed by atoms with van der Waals surface area (Å²) in [6, 6.07) is 7.88. The SMILES string of the molecule is CCCc1ccc(Oc2c(C(N)=NO)c(C)nn2C)cc1. The highest BCUT2D eigenvalue weighted by molar-refractivity contribution is 6.00. The van der Waals surface area contributed by atoms with Crippen LogP contribution < -0.4 is 10.5 Å². The topological polar surface area (TPSA) is 85.7 Å². The first-order chi connectivity index (χ1) is 10.1. The predicted octanol–water partition coefficient (Wildman–Crippen LogP) is 2.57. The van der Waals surface area contributed by atoms with E-state index < -0.39 is 0 Å². The number of hydrogen-bond donors (Lipinski definition) is 2. The lowest BCUT2D eigenvalue weighted by molar-refractivity contribution is 0.318. The van der Waals surface area contributed by atoms with Gasteiger partial charge in [-0.05, 0) is 31.0 Å². The molecule has 2 rings (SSSR count). The molecule has 0 saturated heterocycles. The number of amidine groups is 1. The molecule has 0 saturated carbocycles. The first-order valence-electron chi connectivity index (χ1n) is 6.85. The van der Waals surface area contributed by atoms with Crippen molar-refractivity contribution in [3.8, 4) is 11.6 Å². The summed E-state index contributed by atoms with van der Waals surface area (Å²) < 4.78 is 7.42.